The Morgan fingerprint density at radius 2 is 2.18 bits per heavy atom. The van der Waals surface area contributed by atoms with Crippen molar-refractivity contribution in [2.24, 2.45) is 5.92 Å². The molecule has 0 amide bonds. The van der Waals surface area contributed by atoms with Gasteiger partial charge in [-0.25, -0.2) is 0 Å². The number of halogens is 2. The molecule has 1 fully saturated rings. The Morgan fingerprint density at radius 3 is 2.88 bits per heavy atom. The Morgan fingerprint density at radius 1 is 1.29 bits per heavy atom. The summed E-state index contributed by atoms with van der Waals surface area (Å²) < 4.78 is 5.67. The van der Waals surface area contributed by atoms with Crippen LogP contribution in [0.2, 0.25) is 10.0 Å². The van der Waals surface area contributed by atoms with Crippen LogP contribution in [0.5, 0.6) is 5.75 Å². The fraction of sp³-hybridized carbons (Fsp3) is 0.538. The van der Waals surface area contributed by atoms with Gasteiger partial charge in [-0.15, -0.1) is 0 Å². The number of nitrogens with one attached hydrogen (secondary N) is 1. The lowest BCUT2D eigenvalue weighted by atomic mass is 9.97. The van der Waals surface area contributed by atoms with Crippen molar-refractivity contribution < 1.29 is 4.74 Å². The zero-order chi connectivity index (χ0) is 12.1. The quantitative estimate of drug-likeness (QED) is 0.902. The smallest absolute Gasteiger partial charge is 0.120 e. The monoisotopic (exact) mass is 273 g/mol. The third-order valence-electron chi connectivity index (χ3n) is 3.08. The fourth-order valence-corrected chi connectivity index (χ4v) is 2.37. The third-order valence-corrected chi connectivity index (χ3v) is 3.82. The topological polar surface area (TPSA) is 21.3 Å². The number of benzene rings is 1. The van der Waals surface area contributed by atoms with E-state index in [-0.39, 0.29) is 0 Å². The molecular weight excluding hydrogens is 257 g/mol. The number of hydrogen-bond donors (Lipinski definition) is 1. The van der Waals surface area contributed by atoms with Gasteiger partial charge in [0.25, 0.3) is 0 Å². The summed E-state index contributed by atoms with van der Waals surface area (Å²) in [6.45, 7) is 3.01. The summed E-state index contributed by atoms with van der Waals surface area (Å²) in [5, 5.41) is 4.52. The lowest BCUT2D eigenvalue weighted by Gasteiger charge is -2.22. The number of rotatable bonds is 4. The highest BCUT2D eigenvalue weighted by atomic mass is 35.5. The highest BCUT2D eigenvalue weighted by molar-refractivity contribution is 6.42. The minimum atomic E-state index is 0.545. The fourth-order valence-electron chi connectivity index (χ4n) is 2.08. The van der Waals surface area contributed by atoms with Crippen LogP contribution in [0.1, 0.15) is 19.3 Å². The van der Waals surface area contributed by atoms with Crippen LogP contribution in [0.3, 0.4) is 0 Å². The molecule has 0 aromatic heterocycles. The summed E-state index contributed by atoms with van der Waals surface area (Å²) in [4.78, 5) is 0. The van der Waals surface area contributed by atoms with Crippen molar-refractivity contribution >= 4 is 23.2 Å². The van der Waals surface area contributed by atoms with E-state index < -0.39 is 0 Å². The molecule has 1 aromatic rings. The van der Waals surface area contributed by atoms with Crippen molar-refractivity contribution in [2.75, 3.05) is 19.7 Å². The Kier molecular flexibility index (Phi) is 4.96. The lowest BCUT2D eigenvalue weighted by molar-refractivity contribution is 0.254. The summed E-state index contributed by atoms with van der Waals surface area (Å²) in [6, 6.07) is 5.39. The normalized spacial score (nSPS) is 20.2. The van der Waals surface area contributed by atoms with Gasteiger partial charge in [0, 0.05) is 6.07 Å². The predicted octanol–water partition coefficient (Wildman–Crippen LogP) is 3.76. The van der Waals surface area contributed by atoms with Crippen molar-refractivity contribution in [1.29, 1.82) is 0 Å². The van der Waals surface area contributed by atoms with Crippen LogP contribution in [-0.4, -0.2) is 19.7 Å². The van der Waals surface area contributed by atoms with Gasteiger partial charge in [-0.2, -0.15) is 0 Å². The summed E-state index contributed by atoms with van der Waals surface area (Å²) in [5.74, 6) is 1.54. The molecule has 1 aliphatic heterocycles. The standard InChI is InChI=1S/C13H17Cl2NO/c14-12-4-3-11(8-13(12)15)17-7-5-10-2-1-6-16-9-10/h3-4,8,10,16H,1-2,5-7,9H2/t10-/m0/s1. The molecule has 2 nitrogen and oxygen atoms in total. The van der Waals surface area contributed by atoms with Crippen LogP contribution in [0.4, 0.5) is 0 Å². The van der Waals surface area contributed by atoms with Crippen molar-refractivity contribution in [3.8, 4) is 5.75 Å². The van der Waals surface area contributed by atoms with Gasteiger partial charge in [0.15, 0.2) is 0 Å². The molecule has 1 saturated heterocycles. The van der Waals surface area contributed by atoms with Crippen LogP contribution in [0.15, 0.2) is 18.2 Å². The Hall–Kier alpha value is -0.440. The van der Waals surface area contributed by atoms with Crippen LogP contribution in [0.25, 0.3) is 0 Å². The van der Waals surface area contributed by atoms with Gasteiger partial charge in [0.2, 0.25) is 0 Å². The van der Waals surface area contributed by atoms with Crippen LogP contribution in [-0.2, 0) is 0 Å². The molecule has 1 aliphatic rings. The zero-order valence-corrected chi connectivity index (χ0v) is 11.2. The lowest BCUT2D eigenvalue weighted by Crippen LogP contribution is -2.30. The van der Waals surface area contributed by atoms with Gasteiger partial charge in [0.05, 0.1) is 16.7 Å². The van der Waals surface area contributed by atoms with E-state index in [9.17, 15) is 0 Å². The van der Waals surface area contributed by atoms with E-state index in [2.05, 4.69) is 5.32 Å². The summed E-state index contributed by atoms with van der Waals surface area (Å²) in [5.41, 5.74) is 0. The SMILES string of the molecule is Clc1ccc(OCC[C@@H]2CCCNC2)cc1Cl. The molecule has 0 saturated carbocycles. The van der Waals surface area contributed by atoms with E-state index in [0.29, 0.717) is 10.0 Å². The third kappa shape index (κ3) is 4.06. The van der Waals surface area contributed by atoms with Crippen LogP contribution < -0.4 is 10.1 Å². The van der Waals surface area contributed by atoms with E-state index in [1.165, 1.54) is 12.8 Å². The highest BCUT2D eigenvalue weighted by Gasteiger charge is 2.12. The van der Waals surface area contributed by atoms with Gasteiger partial charge in [-0.3, -0.25) is 0 Å². The van der Waals surface area contributed by atoms with Crippen molar-refractivity contribution in [3.63, 3.8) is 0 Å². The van der Waals surface area contributed by atoms with Crippen LogP contribution in [0, 0.1) is 5.92 Å². The second-order valence-electron chi connectivity index (χ2n) is 4.43. The molecule has 2 rings (SSSR count). The first-order valence-electron chi connectivity index (χ1n) is 6.04. The molecule has 17 heavy (non-hydrogen) atoms. The first-order chi connectivity index (χ1) is 8.25. The molecule has 4 heteroatoms. The summed E-state index contributed by atoms with van der Waals surface area (Å²) in [7, 11) is 0. The molecule has 0 bridgehead atoms. The number of piperidine rings is 1. The van der Waals surface area contributed by atoms with Gasteiger partial charge in [-0.05, 0) is 50.4 Å². The second-order valence-corrected chi connectivity index (χ2v) is 5.24. The molecule has 1 atom stereocenters. The molecule has 1 heterocycles. The first-order valence-corrected chi connectivity index (χ1v) is 6.80. The van der Waals surface area contributed by atoms with Gasteiger partial charge in [-0.1, -0.05) is 23.2 Å². The summed E-state index contributed by atoms with van der Waals surface area (Å²) >= 11 is 11.8. The molecule has 1 aromatic carbocycles. The molecule has 0 spiro atoms. The maximum absolute atomic E-state index is 5.92. The maximum atomic E-state index is 5.92. The molecule has 94 valence electrons. The second kappa shape index (κ2) is 6.48. The van der Waals surface area contributed by atoms with Gasteiger partial charge < -0.3 is 10.1 Å². The Balaban J connectivity index is 1.75. The predicted molar refractivity (Wildman–Crippen MR) is 72.2 cm³/mol. The van der Waals surface area contributed by atoms with Crippen molar-refractivity contribution in [1.82, 2.24) is 5.32 Å². The van der Waals surface area contributed by atoms with Crippen LogP contribution >= 0.6 is 23.2 Å². The first kappa shape index (κ1) is 13.0. The molecule has 0 radical (unpaired) electrons. The minimum absolute atomic E-state index is 0.545. The maximum Gasteiger partial charge on any atom is 0.120 e. The average Bonchev–Trinajstić information content (AvgIpc) is 2.35. The largest absolute Gasteiger partial charge is 0.494 e. The molecular formula is C13H17Cl2NO. The van der Waals surface area contributed by atoms with Crippen molar-refractivity contribution in [2.45, 2.75) is 19.3 Å². The van der Waals surface area contributed by atoms with E-state index in [1.807, 2.05) is 6.07 Å². The Labute approximate surface area is 112 Å². The van der Waals surface area contributed by atoms with E-state index in [1.54, 1.807) is 12.1 Å². The molecule has 0 unspecified atom stereocenters. The van der Waals surface area contributed by atoms with Crippen molar-refractivity contribution in [3.05, 3.63) is 28.2 Å². The zero-order valence-electron chi connectivity index (χ0n) is 9.72. The number of hydrogen-bond acceptors (Lipinski definition) is 2. The van der Waals surface area contributed by atoms with Gasteiger partial charge in [0.1, 0.15) is 5.75 Å². The number of ether oxygens (including phenoxy) is 1. The van der Waals surface area contributed by atoms with E-state index in [4.69, 9.17) is 27.9 Å². The van der Waals surface area contributed by atoms with E-state index >= 15 is 0 Å². The van der Waals surface area contributed by atoms with E-state index in [0.717, 1.165) is 37.8 Å². The molecule has 0 aliphatic carbocycles. The Bertz CT molecular complexity index is 364. The van der Waals surface area contributed by atoms with Gasteiger partial charge >= 0.3 is 0 Å². The highest BCUT2D eigenvalue weighted by Crippen LogP contribution is 2.26. The molecule has 1 N–H and O–H groups in total. The average molecular weight is 274 g/mol. The minimum Gasteiger partial charge on any atom is -0.494 e. The summed E-state index contributed by atoms with van der Waals surface area (Å²) in [6.07, 6.45) is 3.67.